The number of anilines is 1. The summed E-state index contributed by atoms with van der Waals surface area (Å²) in [4.78, 5) is 28.5. The van der Waals surface area contributed by atoms with Gasteiger partial charge in [0, 0.05) is 19.1 Å². The van der Waals surface area contributed by atoms with Gasteiger partial charge in [0.05, 0.1) is 5.69 Å². The minimum atomic E-state index is -0.573. The summed E-state index contributed by atoms with van der Waals surface area (Å²) in [7, 11) is 0. The number of benzene rings is 1. The Bertz CT molecular complexity index is 624. The molecule has 2 N–H and O–H groups in total. The number of piperidine rings is 1. The van der Waals surface area contributed by atoms with Crippen LogP contribution in [0.5, 0.6) is 5.75 Å². The Morgan fingerprint density at radius 2 is 2.00 bits per heavy atom. The molecule has 1 fully saturated rings. The van der Waals surface area contributed by atoms with Gasteiger partial charge in [-0.25, -0.2) is 0 Å². The van der Waals surface area contributed by atoms with Crippen molar-refractivity contribution in [1.29, 1.82) is 0 Å². The number of hydrogen-bond donors (Lipinski definition) is 1. The third kappa shape index (κ3) is 3.24. The van der Waals surface area contributed by atoms with Gasteiger partial charge in [0.2, 0.25) is 5.91 Å². The van der Waals surface area contributed by atoms with E-state index in [4.69, 9.17) is 10.5 Å². The molecule has 2 atom stereocenters. The van der Waals surface area contributed by atoms with Crippen LogP contribution in [0.4, 0.5) is 5.69 Å². The lowest BCUT2D eigenvalue weighted by Gasteiger charge is -2.37. The van der Waals surface area contributed by atoms with Gasteiger partial charge in [-0.2, -0.15) is 0 Å². The van der Waals surface area contributed by atoms with Crippen LogP contribution in [0.2, 0.25) is 0 Å². The fourth-order valence-corrected chi connectivity index (χ4v) is 3.43. The standard InChI is InChI=1S/C18H25N3O3/c1-12(19)14-7-9-20(10-8-14)17(22)11-21-15-5-3-4-6-16(15)24-13(2)18(21)23/h3-6,12-14H,7-11,19H2,1-2H3. The van der Waals surface area contributed by atoms with Crippen molar-refractivity contribution in [2.24, 2.45) is 11.7 Å². The molecule has 2 aliphatic rings. The van der Waals surface area contributed by atoms with E-state index in [9.17, 15) is 9.59 Å². The second-order valence-corrected chi connectivity index (χ2v) is 6.73. The average Bonchev–Trinajstić information content (AvgIpc) is 2.58. The molecule has 6 heteroatoms. The van der Waals surface area contributed by atoms with E-state index in [-0.39, 0.29) is 24.4 Å². The Labute approximate surface area is 142 Å². The molecule has 1 aromatic rings. The summed E-state index contributed by atoms with van der Waals surface area (Å²) in [6, 6.07) is 7.51. The fourth-order valence-electron chi connectivity index (χ4n) is 3.43. The molecule has 2 aliphatic heterocycles. The van der Waals surface area contributed by atoms with E-state index in [2.05, 4.69) is 0 Å². The van der Waals surface area contributed by atoms with Gasteiger partial charge in [-0.3, -0.25) is 14.5 Å². The van der Waals surface area contributed by atoms with Gasteiger partial charge in [0.1, 0.15) is 12.3 Å². The highest BCUT2D eigenvalue weighted by atomic mass is 16.5. The van der Waals surface area contributed by atoms with Crippen molar-refractivity contribution in [2.75, 3.05) is 24.5 Å². The highest BCUT2D eigenvalue weighted by Crippen LogP contribution is 2.33. The summed E-state index contributed by atoms with van der Waals surface area (Å²) in [5, 5.41) is 0. The molecule has 3 rings (SSSR count). The first-order chi connectivity index (χ1) is 11.5. The predicted molar refractivity (Wildman–Crippen MR) is 91.8 cm³/mol. The van der Waals surface area contributed by atoms with Crippen LogP contribution in [0.15, 0.2) is 24.3 Å². The van der Waals surface area contributed by atoms with Gasteiger partial charge in [0.25, 0.3) is 5.91 Å². The minimum absolute atomic E-state index is 0.0182. The van der Waals surface area contributed by atoms with Crippen LogP contribution in [0.25, 0.3) is 0 Å². The van der Waals surface area contributed by atoms with Crippen LogP contribution >= 0.6 is 0 Å². The molecule has 6 nitrogen and oxygen atoms in total. The van der Waals surface area contributed by atoms with Crippen LogP contribution in [0, 0.1) is 5.92 Å². The molecule has 1 aromatic carbocycles. The molecule has 1 saturated heterocycles. The van der Waals surface area contributed by atoms with Crippen molar-refractivity contribution in [3.8, 4) is 5.75 Å². The third-order valence-corrected chi connectivity index (χ3v) is 5.00. The van der Waals surface area contributed by atoms with E-state index in [1.165, 1.54) is 0 Å². The molecule has 0 aromatic heterocycles. The molecule has 0 saturated carbocycles. The number of para-hydroxylation sites is 2. The Hall–Kier alpha value is -2.08. The summed E-state index contributed by atoms with van der Waals surface area (Å²) in [5.74, 6) is 0.927. The highest BCUT2D eigenvalue weighted by molar-refractivity contribution is 6.03. The predicted octanol–water partition coefficient (Wildman–Crippen LogP) is 1.39. The maximum Gasteiger partial charge on any atom is 0.268 e. The van der Waals surface area contributed by atoms with Crippen molar-refractivity contribution >= 4 is 17.5 Å². The molecule has 24 heavy (non-hydrogen) atoms. The summed E-state index contributed by atoms with van der Waals surface area (Å²) in [5.41, 5.74) is 6.62. The van der Waals surface area contributed by atoms with Crippen molar-refractivity contribution in [2.45, 2.75) is 38.8 Å². The van der Waals surface area contributed by atoms with Crippen LogP contribution in [0.3, 0.4) is 0 Å². The molecule has 0 aliphatic carbocycles. The summed E-state index contributed by atoms with van der Waals surface area (Å²) < 4.78 is 5.61. The smallest absolute Gasteiger partial charge is 0.268 e. The van der Waals surface area contributed by atoms with Crippen LogP contribution < -0.4 is 15.4 Å². The molecule has 2 heterocycles. The number of carbonyl (C=O) groups excluding carboxylic acids is 2. The van der Waals surface area contributed by atoms with Gasteiger partial charge in [-0.1, -0.05) is 12.1 Å². The summed E-state index contributed by atoms with van der Waals surface area (Å²) in [6.07, 6.45) is 1.28. The quantitative estimate of drug-likeness (QED) is 0.908. The van der Waals surface area contributed by atoms with E-state index in [0.29, 0.717) is 30.4 Å². The molecular weight excluding hydrogens is 306 g/mol. The largest absolute Gasteiger partial charge is 0.479 e. The zero-order valence-electron chi connectivity index (χ0n) is 14.3. The summed E-state index contributed by atoms with van der Waals surface area (Å²) >= 11 is 0. The molecule has 0 radical (unpaired) electrons. The van der Waals surface area contributed by atoms with E-state index >= 15 is 0 Å². The van der Waals surface area contributed by atoms with E-state index in [0.717, 1.165) is 12.8 Å². The number of rotatable bonds is 3. The Kier molecular flexibility index (Phi) is 4.76. The maximum atomic E-state index is 12.7. The molecule has 130 valence electrons. The summed E-state index contributed by atoms with van der Waals surface area (Å²) in [6.45, 7) is 5.21. The third-order valence-electron chi connectivity index (χ3n) is 5.00. The number of likely N-dealkylation sites (tertiary alicyclic amines) is 1. The van der Waals surface area contributed by atoms with E-state index in [1.54, 1.807) is 11.8 Å². The van der Waals surface area contributed by atoms with Gasteiger partial charge < -0.3 is 15.4 Å². The monoisotopic (exact) mass is 331 g/mol. The zero-order chi connectivity index (χ0) is 17.3. The van der Waals surface area contributed by atoms with Crippen molar-refractivity contribution in [1.82, 2.24) is 4.90 Å². The number of nitrogens with zero attached hydrogens (tertiary/aromatic N) is 2. The Balaban J connectivity index is 1.69. The van der Waals surface area contributed by atoms with Crippen LogP contribution in [-0.4, -0.2) is 48.5 Å². The number of fused-ring (bicyclic) bond motifs is 1. The van der Waals surface area contributed by atoms with Crippen LogP contribution in [-0.2, 0) is 9.59 Å². The number of ether oxygens (including phenoxy) is 1. The molecule has 0 bridgehead atoms. The van der Waals surface area contributed by atoms with E-state index < -0.39 is 6.10 Å². The fraction of sp³-hybridized carbons (Fsp3) is 0.556. The van der Waals surface area contributed by atoms with Gasteiger partial charge >= 0.3 is 0 Å². The van der Waals surface area contributed by atoms with Crippen molar-refractivity contribution in [3.63, 3.8) is 0 Å². The molecule has 2 amide bonds. The number of amides is 2. The number of carbonyl (C=O) groups is 2. The van der Waals surface area contributed by atoms with Crippen molar-refractivity contribution in [3.05, 3.63) is 24.3 Å². The highest BCUT2D eigenvalue weighted by Gasteiger charge is 2.34. The Morgan fingerprint density at radius 1 is 1.33 bits per heavy atom. The normalized spacial score (nSPS) is 22.8. The minimum Gasteiger partial charge on any atom is -0.479 e. The first kappa shape index (κ1) is 16.8. The lowest BCUT2D eigenvalue weighted by molar-refractivity contribution is -0.134. The second kappa shape index (κ2) is 6.81. The maximum absolute atomic E-state index is 12.7. The SMILES string of the molecule is CC1Oc2ccccc2N(CC(=O)N2CCC(C(C)N)CC2)C1=O. The second-order valence-electron chi connectivity index (χ2n) is 6.73. The first-order valence-electron chi connectivity index (χ1n) is 8.58. The van der Waals surface area contributed by atoms with E-state index in [1.807, 2.05) is 36.1 Å². The molecule has 2 unspecified atom stereocenters. The number of nitrogens with two attached hydrogens (primary N) is 1. The topological polar surface area (TPSA) is 75.9 Å². The lowest BCUT2D eigenvalue weighted by atomic mass is 9.91. The average molecular weight is 331 g/mol. The van der Waals surface area contributed by atoms with Gasteiger partial charge in [-0.05, 0) is 44.7 Å². The zero-order valence-corrected chi connectivity index (χ0v) is 14.3. The van der Waals surface area contributed by atoms with Gasteiger partial charge in [0.15, 0.2) is 6.10 Å². The number of hydrogen-bond acceptors (Lipinski definition) is 4. The Morgan fingerprint density at radius 3 is 2.67 bits per heavy atom. The lowest BCUT2D eigenvalue weighted by Crippen LogP contribution is -2.51. The van der Waals surface area contributed by atoms with Crippen LogP contribution in [0.1, 0.15) is 26.7 Å². The van der Waals surface area contributed by atoms with Gasteiger partial charge in [-0.15, -0.1) is 0 Å². The van der Waals surface area contributed by atoms with Crippen molar-refractivity contribution < 1.29 is 14.3 Å². The molecular formula is C18H25N3O3. The first-order valence-corrected chi connectivity index (χ1v) is 8.58. The molecule has 0 spiro atoms.